The molecule has 0 aliphatic heterocycles. The molecule has 15 heavy (non-hydrogen) atoms. The fourth-order valence-electron chi connectivity index (χ4n) is 1.19. The monoisotopic (exact) mass is 207 g/mol. The number of hydrogen-bond donors (Lipinski definition) is 1. The second-order valence-corrected chi connectivity index (χ2v) is 2.94. The minimum absolute atomic E-state index is 0.131. The lowest BCUT2D eigenvalue weighted by Gasteiger charge is -2.01. The van der Waals surface area contributed by atoms with Gasteiger partial charge < -0.3 is 5.32 Å². The highest BCUT2D eigenvalue weighted by atomic mass is 16.1. The second kappa shape index (κ2) is 9.25. The van der Waals surface area contributed by atoms with Crippen LogP contribution < -0.4 is 5.32 Å². The molecule has 84 valence electrons. The summed E-state index contributed by atoms with van der Waals surface area (Å²) in [4.78, 5) is 11.1. The van der Waals surface area contributed by atoms with Crippen LogP contribution in [0, 0.1) is 0 Å². The Morgan fingerprint density at radius 1 is 1.20 bits per heavy atom. The Hall–Kier alpha value is -1.31. The van der Waals surface area contributed by atoms with Crippen molar-refractivity contribution in [3.8, 4) is 0 Å². The van der Waals surface area contributed by atoms with Gasteiger partial charge in [0.1, 0.15) is 0 Å². The van der Waals surface area contributed by atoms with Gasteiger partial charge in [0.2, 0.25) is 5.91 Å². The Bertz CT molecular complexity index is 256. The largest absolute Gasteiger partial charge is 0.356 e. The first-order valence-corrected chi connectivity index (χ1v) is 5.63. The van der Waals surface area contributed by atoms with Gasteiger partial charge in [-0.25, -0.2) is 0 Å². The van der Waals surface area contributed by atoms with Crippen molar-refractivity contribution < 1.29 is 4.79 Å². The zero-order valence-electron chi connectivity index (χ0n) is 9.92. The molecule has 0 saturated carbocycles. The van der Waals surface area contributed by atoms with Gasteiger partial charge in [-0.1, -0.05) is 44.2 Å². The van der Waals surface area contributed by atoms with E-state index in [9.17, 15) is 4.79 Å². The summed E-state index contributed by atoms with van der Waals surface area (Å²) < 4.78 is 0. The van der Waals surface area contributed by atoms with Gasteiger partial charge in [-0.15, -0.1) is 0 Å². The predicted octanol–water partition coefficient (Wildman–Crippen LogP) is 2.78. The number of hydrogen-bond acceptors (Lipinski definition) is 1. The molecule has 1 rings (SSSR count). The molecule has 0 bridgehead atoms. The zero-order valence-corrected chi connectivity index (χ0v) is 9.92. The summed E-state index contributed by atoms with van der Waals surface area (Å²) in [5, 5.41) is 2.78. The summed E-state index contributed by atoms with van der Waals surface area (Å²) in [6.45, 7) is 6.65. The third kappa shape index (κ3) is 6.72. The fraction of sp³-hybridized carbons (Fsp3) is 0.462. The van der Waals surface area contributed by atoms with Crippen LogP contribution >= 0.6 is 0 Å². The van der Waals surface area contributed by atoms with E-state index >= 15 is 0 Å². The maximum absolute atomic E-state index is 11.1. The van der Waals surface area contributed by atoms with E-state index < -0.39 is 0 Å². The number of benzene rings is 1. The molecule has 0 aliphatic carbocycles. The summed E-state index contributed by atoms with van der Waals surface area (Å²) in [5.41, 5.74) is 1.22. The Kier molecular flexibility index (Phi) is 8.44. The first-order chi connectivity index (χ1) is 7.33. The standard InChI is InChI=1S/C11H15NO.C2H6/c1-2-12-11(13)9-8-10-6-4-3-5-7-10;1-2/h3-7H,2,8-9H2,1H3,(H,12,13);1-2H3. The number of carbonyl (C=O) groups excluding carboxylic acids is 1. The number of rotatable bonds is 4. The van der Waals surface area contributed by atoms with Gasteiger partial charge in [-0.05, 0) is 18.9 Å². The van der Waals surface area contributed by atoms with Crippen molar-refractivity contribution in [1.82, 2.24) is 5.32 Å². The van der Waals surface area contributed by atoms with Crippen LogP contribution in [-0.2, 0) is 11.2 Å². The van der Waals surface area contributed by atoms with Crippen LogP contribution in [0.2, 0.25) is 0 Å². The van der Waals surface area contributed by atoms with Crippen LogP contribution in [0.4, 0.5) is 0 Å². The Balaban J connectivity index is 0.000000921. The highest BCUT2D eigenvalue weighted by Crippen LogP contribution is 2.01. The Morgan fingerprint density at radius 2 is 1.80 bits per heavy atom. The molecule has 1 amide bonds. The third-order valence-electron chi connectivity index (χ3n) is 1.86. The van der Waals surface area contributed by atoms with Crippen molar-refractivity contribution >= 4 is 5.91 Å². The van der Waals surface area contributed by atoms with Crippen LogP contribution in [0.25, 0.3) is 0 Å². The molecule has 2 heteroatoms. The van der Waals surface area contributed by atoms with Crippen molar-refractivity contribution in [3.63, 3.8) is 0 Å². The topological polar surface area (TPSA) is 29.1 Å². The molecule has 1 aromatic rings. The van der Waals surface area contributed by atoms with Gasteiger partial charge in [-0.2, -0.15) is 0 Å². The lowest BCUT2D eigenvalue weighted by molar-refractivity contribution is -0.120. The minimum Gasteiger partial charge on any atom is -0.356 e. The van der Waals surface area contributed by atoms with Gasteiger partial charge in [0.05, 0.1) is 0 Å². The summed E-state index contributed by atoms with van der Waals surface area (Å²) >= 11 is 0. The van der Waals surface area contributed by atoms with Gasteiger partial charge in [0.25, 0.3) is 0 Å². The SMILES string of the molecule is CC.CCNC(=O)CCc1ccccc1. The molecular weight excluding hydrogens is 186 g/mol. The van der Waals surface area contributed by atoms with E-state index in [1.54, 1.807) is 0 Å². The molecule has 0 saturated heterocycles. The molecular formula is C13H21NO. The predicted molar refractivity (Wildman–Crippen MR) is 64.8 cm³/mol. The molecule has 0 radical (unpaired) electrons. The lowest BCUT2D eigenvalue weighted by Crippen LogP contribution is -2.22. The molecule has 2 nitrogen and oxygen atoms in total. The van der Waals surface area contributed by atoms with Gasteiger partial charge in [-0.3, -0.25) is 4.79 Å². The van der Waals surface area contributed by atoms with Crippen molar-refractivity contribution in [2.24, 2.45) is 0 Å². The minimum atomic E-state index is 0.131. The molecule has 0 aromatic heterocycles. The maximum Gasteiger partial charge on any atom is 0.220 e. The summed E-state index contributed by atoms with van der Waals surface area (Å²) in [7, 11) is 0. The second-order valence-electron chi connectivity index (χ2n) is 2.94. The van der Waals surface area contributed by atoms with Crippen LogP contribution in [0.3, 0.4) is 0 Å². The number of aryl methyl sites for hydroxylation is 1. The van der Waals surface area contributed by atoms with E-state index in [0.29, 0.717) is 13.0 Å². The normalized spacial score (nSPS) is 8.73. The number of nitrogens with one attached hydrogen (secondary N) is 1. The first kappa shape index (κ1) is 13.7. The van der Waals surface area contributed by atoms with E-state index in [4.69, 9.17) is 0 Å². The van der Waals surface area contributed by atoms with Crippen molar-refractivity contribution in [1.29, 1.82) is 0 Å². The highest BCUT2D eigenvalue weighted by molar-refractivity contribution is 5.76. The zero-order chi connectivity index (χ0) is 11.5. The molecule has 0 aliphatic rings. The average molecular weight is 207 g/mol. The first-order valence-electron chi connectivity index (χ1n) is 5.63. The van der Waals surface area contributed by atoms with E-state index in [1.807, 2.05) is 51.1 Å². The summed E-state index contributed by atoms with van der Waals surface area (Å²) in [5.74, 6) is 0.131. The Morgan fingerprint density at radius 3 is 2.33 bits per heavy atom. The van der Waals surface area contributed by atoms with Crippen LogP contribution in [0.5, 0.6) is 0 Å². The molecule has 0 heterocycles. The molecule has 0 atom stereocenters. The smallest absolute Gasteiger partial charge is 0.220 e. The van der Waals surface area contributed by atoms with Crippen LogP contribution in [0.15, 0.2) is 30.3 Å². The summed E-state index contributed by atoms with van der Waals surface area (Å²) in [6.07, 6.45) is 1.41. The molecule has 0 spiro atoms. The highest BCUT2D eigenvalue weighted by Gasteiger charge is 1.99. The molecule has 0 fully saturated rings. The van der Waals surface area contributed by atoms with Crippen LogP contribution in [0.1, 0.15) is 32.8 Å². The third-order valence-corrected chi connectivity index (χ3v) is 1.86. The van der Waals surface area contributed by atoms with E-state index in [1.165, 1.54) is 5.56 Å². The van der Waals surface area contributed by atoms with Crippen molar-refractivity contribution in [2.75, 3.05) is 6.54 Å². The van der Waals surface area contributed by atoms with Crippen LogP contribution in [-0.4, -0.2) is 12.5 Å². The van der Waals surface area contributed by atoms with Gasteiger partial charge >= 0.3 is 0 Å². The lowest BCUT2D eigenvalue weighted by atomic mass is 10.1. The van der Waals surface area contributed by atoms with Crippen molar-refractivity contribution in [2.45, 2.75) is 33.6 Å². The molecule has 1 N–H and O–H groups in total. The quantitative estimate of drug-likeness (QED) is 0.808. The Labute approximate surface area is 92.7 Å². The maximum atomic E-state index is 11.1. The van der Waals surface area contributed by atoms with Crippen molar-refractivity contribution in [3.05, 3.63) is 35.9 Å². The number of carbonyl (C=O) groups is 1. The fourth-order valence-corrected chi connectivity index (χ4v) is 1.19. The summed E-state index contributed by atoms with van der Waals surface area (Å²) in [6, 6.07) is 10.0. The van der Waals surface area contributed by atoms with Gasteiger partial charge in [0.15, 0.2) is 0 Å². The molecule has 1 aromatic carbocycles. The van der Waals surface area contributed by atoms with E-state index in [0.717, 1.165) is 6.42 Å². The molecule has 0 unspecified atom stereocenters. The van der Waals surface area contributed by atoms with Gasteiger partial charge in [0, 0.05) is 13.0 Å². The number of amides is 1. The van der Waals surface area contributed by atoms with E-state index in [2.05, 4.69) is 5.32 Å². The van der Waals surface area contributed by atoms with E-state index in [-0.39, 0.29) is 5.91 Å². The average Bonchev–Trinajstić information content (AvgIpc) is 2.31.